The number of thioether (sulfide) groups is 1. The molecule has 15 nitrogen and oxygen atoms in total. The molecule has 2 aliphatic heterocycles. The van der Waals surface area contributed by atoms with Crippen LogP contribution in [0.15, 0.2) is 41.0 Å². The van der Waals surface area contributed by atoms with Crippen LogP contribution >= 0.6 is 23.3 Å². The van der Waals surface area contributed by atoms with Gasteiger partial charge in [0, 0.05) is 34.5 Å². The molecule has 1 fully saturated rings. The first-order valence-electron chi connectivity index (χ1n) is 12.2. The van der Waals surface area contributed by atoms with E-state index in [0.717, 1.165) is 16.4 Å². The molecule has 2 aromatic rings. The summed E-state index contributed by atoms with van der Waals surface area (Å²) in [5.74, 6) is -3.76. The highest BCUT2D eigenvalue weighted by Gasteiger charge is 2.53. The molecule has 0 aliphatic carbocycles. The lowest BCUT2D eigenvalue weighted by atomic mass is 10.0. The molecular weight excluding hydrogens is 578 g/mol. The number of pyridine rings is 1. The number of carboxylic acid groups (broad SMARTS) is 1. The van der Waals surface area contributed by atoms with Crippen LogP contribution in [0.25, 0.3) is 0 Å². The quantitative estimate of drug-likeness (QED) is 0.0888. The Labute approximate surface area is 242 Å². The number of aliphatic hydroxyl groups excluding tert-OH is 1. The number of nitrogen functional groups attached to an aromatic ring is 1. The van der Waals surface area contributed by atoms with E-state index >= 15 is 0 Å². The van der Waals surface area contributed by atoms with Crippen LogP contribution in [-0.4, -0.2) is 78.2 Å². The van der Waals surface area contributed by atoms with E-state index in [4.69, 9.17) is 15.3 Å². The van der Waals surface area contributed by atoms with Gasteiger partial charge in [-0.1, -0.05) is 5.16 Å². The molecule has 4 N–H and O–H groups in total. The lowest BCUT2D eigenvalue weighted by Gasteiger charge is -2.50. The van der Waals surface area contributed by atoms with Gasteiger partial charge in [0.15, 0.2) is 24.1 Å². The first-order chi connectivity index (χ1) is 19.4. The molecule has 1 unspecified atom stereocenters. The fourth-order valence-electron chi connectivity index (χ4n) is 4.03. The Balaban J connectivity index is 1.49. The second kappa shape index (κ2) is 12.2. The number of carboxylic acids is 1. The van der Waals surface area contributed by atoms with Gasteiger partial charge in [0.25, 0.3) is 11.8 Å². The van der Waals surface area contributed by atoms with Gasteiger partial charge in [0.05, 0.1) is 18.3 Å². The Kier molecular flexibility index (Phi) is 8.89. The maximum atomic E-state index is 13.2. The minimum Gasteiger partial charge on any atom is -0.543 e. The summed E-state index contributed by atoms with van der Waals surface area (Å²) in [4.78, 5) is 60.3. The minimum atomic E-state index is -1.53. The van der Waals surface area contributed by atoms with Crippen LogP contribution in [0.2, 0.25) is 0 Å². The van der Waals surface area contributed by atoms with E-state index in [9.17, 15) is 29.4 Å². The van der Waals surface area contributed by atoms with Crippen LogP contribution in [-0.2, 0) is 41.9 Å². The number of aromatic nitrogens is 3. The zero-order valence-corrected chi connectivity index (χ0v) is 23.9. The van der Waals surface area contributed by atoms with Gasteiger partial charge in [-0.15, -0.1) is 11.8 Å². The van der Waals surface area contributed by atoms with E-state index in [0.29, 0.717) is 11.1 Å². The Morgan fingerprint density at radius 2 is 2.12 bits per heavy atom. The number of oxime groups is 1. The number of aliphatic carboxylic acids is 1. The first kappa shape index (κ1) is 29.9. The number of anilines is 1. The van der Waals surface area contributed by atoms with Gasteiger partial charge in [-0.25, -0.2) is 9.36 Å². The number of fused-ring (bicyclic) bond motifs is 1. The van der Waals surface area contributed by atoms with Crippen molar-refractivity contribution in [2.24, 2.45) is 5.16 Å². The molecule has 0 bridgehead atoms. The summed E-state index contributed by atoms with van der Waals surface area (Å²) in [5, 5.41) is 27.0. The molecule has 0 aromatic carbocycles. The highest BCUT2D eigenvalue weighted by atomic mass is 32.2. The van der Waals surface area contributed by atoms with Crippen molar-refractivity contribution >= 4 is 57.9 Å². The van der Waals surface area contributed by atoms with Crippen molar-refractivity contribution in [2.75, 3.05) is 18.1 Å². The number of amides is 2. The van der Waals surface area contributed by atoms with Crippen LogP contribution in [0.4, 0.5) is 5.13 Å². The molecule has 4 rings (SSSR count). The summed E-state index contributed by atoms with van der Waals surface area (Å²) in [6.45, 7) is 4.39. The van der Waals surface area contributed by atoms with Crippen LogP contribution in [0, 0.1) is 0 Å². The van der Waals surface area contributed by atoms with E-state index in [1.165, 1.54) is 11.8 Å². The van der Waals surface area contributed by atoms with Crippen molar-refractivity contribution in [3.63, 3.8) is 0 Å². The number of hydrogen-bond acceptors (Lipinski definition) is 14. The van der Waals surface area contributed by atoms with E-state index in [1.54, 1.807) is 49.9 Å². The molecule has 0 spiro atoms. The van der Waals surface area contributed by atoms with Gasteiger partial charge in [-0.05, 0) is 26.8 Å². The lowest BCUT2D eigenvalue weighted by molar-refractivity contribution is -0.689. The topological polar surface area (TPSA) is 213 Å². The summed E-state index contributed by atoms with van der Waals surface area (Å²) < 4.78 is 10.8. The van der Waals surface area contributed by atoms with E-state index in [2.05, 4.69) is 19.8 Å². The van der Waals surface area contributed by atoms with Crippen molar-refractivity contribution in [3.05, 3.63) is 47.2 Å². The third-order valence-corrected chi connectivity index (χ3v) is 7.51. The van der Waals surface area contributed by atoms with E-state index < -0.39 is 53.1 Å². The third kappa shape index (κ3) is 6.98. The van der Waals surface area contributed by atoms with Crippen LogP contribution < -0.4 is 20.7 Å². The van der Waals surface area contributed by atoms with Crippen molar-refractivity contribution in [1.29, 1.82) is 0 Å². The maximum Gasteiger partial charge on any atom is 0.347 e. The number of rotatable bonds is 10. The number of β-lactam (4-membered cyclic amide) rings is 1. The SMILES string of the molecule is CC(C)(C)OC(=O)CO/N=C(\C(=O)NC1C(=O)N2C(C(=O)[O-])=C(C[n+]3cccc(CO)c3)CS[C@H]12)c1nsc(N)n1. The summed E-state index contributed by atoms with van der Waals surface area (Å²) in [6.07, 6.45) is 3.38. The second-order valence-corrected chi connectivity index (χ2v) is 11.8. The third-order valence-electron chi connectivity index (χ3n) is 5.63. The maximum absolute atomic E-state index is 13.2. The summed E-state index contributed by atoms with van der Waals surface area (Å²) in [7, 11) is 0. The number of nitrogens with zero attached hydrogens (tertiary/aromatic N) is 5. The average Bonchev–Trinajstić information content (AvgIpc) is 3.33. The summed E-state index contributed by atoms with van der Waals surface area (Å²) in [6, 6.07) is 2.34. The molecule has 41 heavy (non-hydrogen) atoms. The number of carbonyl (C=O) groups excluding carboxylic acids is 4. The molecule has 0 saturated carbocycles. The highest BCUT2D eigenvalue weighted by Crippen LogP contribution is 2.40. The summed E-state index contributed by atoms with van der Waals surface area (Å²) in [5.41, 5.74) is 5.24. The second-order valence-electron chi connectivity index (χ2n) is 9.90. The van der Waals surface area contributed by atoms with Gasteiger partial charge in [0.1, 0.15) is 17.0 Å². The monoisotopic (exact) mass is 605 g/mol. The Morgan fingerprint density at radius 3 is 2.76 bits per heavy atom. The van der Waals surface area contributed by atoms with Crippen molar-refractivity contribution in [1.82, 2.24) is 19.6 Å². The predicted molar refractivity (Wildman–Crippen MR) is 142 cm³/mol. The molecule has 17 heteroatoms. The molecule has 2 aliphatic rings. The number of esters is 1. The zero-order chi connectivity index (χ0) is 29.9. The Bertz CT molecular complexity index is 1430. The average molecular weight is 606 g/mol. The van der Waals surface area contributed by atoms with Crippen LogP contribution in [0.5, 0.6) is 0 Å². The largest absolute Gasteiger partial charge is 0.543 e. The summed E-state index contributed by atoms with van der Waals surface area (Å²) >= 11 is 2.06. The fourth-order valence-corrected chi connectivity index (χ4v) is 5.80. The lowest BCUT2D eigenvalue weighted by Crippen LogP contribution is -2.71. The molecular formula is C24H27N7O8S2. The predicted octanol–water partition coefficient (Wildman–Crippen LogP) is -1.93. The van der Waals surface area contributed by atoms with E-state index in [1.807, 2.05) is 0 Å². The van der Waals surface area contributed by atoms with Gasteiger partial charge >= 0.3 is 5.97 Å². The minimum absolute atomic E-state index is 0.0417. The molecule has 4 heterocycles. The molecule has 2 amide bonds. The number of carbonyl (C=O) groups is 4. The molecule has 0 radical (unpaired) electrons. The van der Waals surface area contributed by atoms with Crippen LogP contribution in [0.3, 0.4) is 0 Å². The smallest absolute Gasteiger partial charge is 0.347 e. The number of hydrogen-bond donors (Lipinski definition) is 3. The number of aliphatic hydroxyl groups is 1. The van der Waals surface area contributed by atoms with Gasteiger partial charge < -0.3 is 35.6 Å². The number of nitrogens with two attached hydrogens (primary N) is 1. The van der Waals surface area contributed by atoms with Gasteiger partial charge in [-0.3, -0.25) is 14.5 Å². The number of ether oxygens (including phenoxy) is 1. The van der Waals surface area contributed by atoms with Crippen LogP contribution in [0.1, 0.15) is 32.2 Å². The van der Waals surface area contributed by atoms with Gasteiger partial charge in [-0.2, -0.15) is 9.36 Å². The Morgan fingerprint density at radius 1 is 1.37 bits per heavy atom. The standard InChI is InChI=1S/C24H27N7O8S2/c1-24(2,3)39-14(33)10-38-28-15(18-27-23(25)41-29-18)19(34)26-16-20(35)31-17(22(36)37)13(11-40-21(16)31)8-30-6-4-5-12(7-30)9-32/h4-7,16,21,32H,8-11H2,1-3H3,(H3-,25,26,27,29,34,36,37)/b28-15-/t16?,21-/m1/s1. The first-order valence-corrected chi connectivity index (χ1v) is 14.0. The van der Waals surface area contributed by atoms with E-state index in [-0.39, 0.29) is 35.6 Å². The van der Waals surface area contributed by atoms with Crippen molar-refractivity contribution < 1.29 is 43.5 Å². The number of nitrogens with one attached hydrogen (secondary N) is 1. The van der Waals surface area contributed by atoms with Crippen molar-refractivity contribution in [3.8, 4) is 0 Å². The van der Waals surface area contributed by atoms with Gasteiger partial charge in [0.2, 0.25) is 18.1 Å². The molecule has 218 valence electrons. The molecule has 2 atom stereocenters. The fraction of sp³-hybridized carbons (Fsp3) is 0.417. The molecule has 1 saturated heterocycles. The van der Waals surface area contributed by atoms with Crippen molar-refractivity contribution in [2.45, 2.75) is 50.9 Å². The Hall–Kier alpha value is -4.09. The highest BCUT2D eigenvalue weighted by molar-refractivity contribution is 8.00. The normalized spacial score (nSPS) is 18.9. The molecule has 2 aromatic heterocycles. The zero-order valence-electron chi connectivity index (χ0n) is 22.2.